The fourth-order valence-corrected chi connectivity index (χ4v) is 3.04. The average molecular weight is 382 g/mol. The maximum atomic E-state index is 13.1. The number of amides is 1. The molecule has 0 saturated carbocycles. The summed E-state index contributed by atoms with van der Waals surface area (Å²) < 4.78 is 45.5. The quantitative estimate of drug-likeness (QED) is 0.816. The first-order chi connectivity index (χ1) is 12.8. The predicted molar refractivity (Wildman–Crippen MR) is 93.5 cm³/mol. The molecule has 2 heterocycles. The number of nitrogens with zero attached hydrogens (tertiary/aromatic N) is 4. The molecule has 0 unspecified atom stereocenters. The second-order valence-corrected chi connectivity index (χ2v) is 6.49. The summed E-state index contributed by atoms with van der Waals surface area (Å²) in [6, 6.07) is 7.65. The first kappa shape index (κ1) is 19.2. The summed E-state index contributed by atoms with van der Waals surface area (Å²) in [7, 11) is 2.84. The van der Waals surface area contributed by atoms with E-state index in [0.717, 1.165) is 35.2 Å². The zero-order valence-electron chi connectivity index (χ0n) is 15.2. The Labute approximate surface area is 155 Å². The fraction of sp³-hybridized carbons (Fsp3) is 0.444. The van der Waals surface area contributed by atoms with Gasteiger partial charge in [0.15, 0.2) is 5.69 Å². The van der Waals surface area contributed by atoms with Crippen molar-refractivity contribution in [3.05, 3.63) is 47.3 Å². The molecule has 1 saturated heterocycles. The lowest BCUT2D eigenvalue weighted by Gasteiger charge is -2.29. The Kier molecular flexibility index (Phi) is 5.41. The monoisotopic (exact) mass is 382 g/mol. The average Bonchev–Trinajstić information content (AvgIpc) is 3.04. The van der Waals surface area contributed by atoms with Crippen LogP contribution in [0.4, 0.5) is 18.9 Å². The number of rotatable bonds is 4. The van der Waals surface area contributed by atoms with E-state index in [-0.39, 0.29) is 6.54 Å². The molecular weight excluding hydrogens is 361 g/mol. The summed E-state index contributed by atoms with van der Waals surface area (Å²) in [5.41, 5.74) is 0.282. The highest BCUT2D eigenvalue weighted by Gasteiger charge is 2.39. The van der Waals surface area contributed by atoms with E-state index in [0.29, 0.717) is 13.2 Å². The van der Waals surface area contributed by atoms with Crippen molar-refractivity contribution in [2.45, 2.75) is 12.7 Å². The van der Waals surface area contributed by atoms with Gasteiger partial charge in [0.2, 0.25) is 0 Å². The van der Waals surface area contributed by atoms with Gasteiger partial charge < -0.3 is 14.5 Å². The molecule has 0 N–H and O–H groups in total. The van der Waals surface area contributed by atoms with E-state index in [1.54, 1.807) is 0 Å². The molecule has 1 fully saturated rings. The van der Waals surface area contributed by atoms with Crippen LogP contribution in [-0.4, -0.2) is 53.9 Å². The van der Waals surface area contributed by atoms with Crippen molar-refractivity contribution in [2.75, 3.05) is 38.3 Å². The van der Waals surface area contributed by atoms with Gasteiger partial charge in [0, 0.05) is 45.6 Å². The van der Waals surface area contributed by atoms with Crippen molar-refractivity contribution >= 4 is 11.6 Å². The summed E-state index contributed by atoms with van der Waals surface area (Å²) in [6.45, 7) is 3.21. The summed E-state index contributed by atoms with van der Waals surface area (Å²) >= 11 is 0. The van der Waals surface area contributed by atoms with Crippen LogP contribution < -0.4 is 4.90 Å². The van der Waals surface area contributed by atoms with Crippen molar-refractivity contribution in [1.29, 1.82) is 0 Å². The third-order valence-electron chi connectivity index (χ3n) is 4.41. The summed E-state index contributed by atoms with van der Waals surface area (Å²) in [5.74, 6) is -0.715. The molecule has 1 aromatic heterocycles. The maximum absolute atomic E-state index is 13.1. The summed E-state index contributed by atoms with van der Waals surface area (Å²) in [4.78, 5) is 16.0. The maximum Gasteiger partial charge on any atom is 0.435 e. The number of halogens is 3. The van der Waals surface area contributed by atoms with E-state index >= 15 is 0 Å². The number of ether oxygens (including phenoxy) is 1. The minimum Gasteiger partial charge on any atom is -0.378 e. The highest BCUT2D eigenvalue weighted by molar-refractivity contribution is 5.95. The topological polar surface area (TPSA) is 50.6 Å². The molecular formula is C18H21F3N4O2. The first-order valence-corrected chi connectivity index (χ1v) is 8.53. The van der Waals surface area contributed by atoms with Crippen molar-refractivity contribution in [1.82, 2.24) is 14.7 Å². The molecule has 1 aromatic carbocycles. The van der Waals surface area contributed by atoms with Gasteiger partial charge >= 0.3 is 6.18 Å². The molecule has 0 atom stereocenters. The van der Waals surface area contributed by atoms with Crippen LogP contribution in [0.1, 0.15) is 21.6 Å². The second-order valence-electron chi connectivity index (χ2n) is 6.49. The molecule has 0 radical (unpaired) electrons. The van der Waals surface area contributed by atoms with Crippen LogP contribution in [0.15, 0.2) is 30.5 Å². The Morgan fingerprint density at radius 1 is 1.22 bits per heavy atom. The number of hydrogen-bond donors (Lipinski definition) is 0. The number of aryl methyl sites for hydroxylation is 1. The third-order valence-corrected chi connectivity index (χ3v) is 4.41. The number of carbonyl (C=O) groups excluding carboxylic acids is 1. The Balaban J connectivity index is 1.70. The Hall–Kier alpha value is -2.55. The summed E-state index contributed by atoms with van der Waals surface area (Å²) in [5, 5.41) is 3.38. The van der Waals surface area contributed by atoms with Crippen LogP contribution >= 0.6 is 0 Å². The van der Waals surface area contributed by atoms with E-state index < -0.39 is 23.3 Å². The van der Waals surface area contributed by atoms with Gasteiger partial charge in [0.1, 0.15) is 0 Å². The lowest BCUT2D eigenvalue weighted by molar-refractivity contribution is -0.141. The lowest BCUT2D eigenvalue weighted by atomic mass is 10.1. The zero-order chi connectivity index (χ0) is 19.6. The molecule has 146 valence electrons. The zero-order valence-corrected chi connectivity index (χ0v) is 15.2. The van der Waals surface area contributed by atoms with Gasteiger partial charge in [0.25, 0.3) is 5.91 Å². The van der Waals surface area contributed by atoms with Crippen molar-refractivity contribution in [2.24, 2.45) is 7.05 Å². The number of benzene rings is 1. The molecule has 0 spiro atoms. The largest absolute Gasteiger partial charge is 0.435 e. The van der Waals surface area contributed by atoms with E-state index in [4.69, 9.17) is 4.74 Å². The molecule has 2 aromatic rings. The highest BCUT2D eigenvalue weighted by Crippen LogP contribution is 2.31. The molecule has 9 heteroatoms. The molecule has 1 aliphatic rings. The Morgan fingerprint density at radius 3 is 2.44 bits per heavy atom. The molecule has 1 amide bonds. The molecule has 6 nitrogen and oxygen atoms in total. The van der Waals surface area contributed by atoms with E-state index in [1.807, 2.05) is 24.3 Å². The Morgan fingerprint density at radius 2 is 1.85 bits per heavy atom. The number of alkyl halides is 3. The van der Waals surface area contributed by atoms with Crippen molar-refractivity contribution in [3.63, 3.8) is 0 Å². The molecule has 3 rings (SSSR count). The van der Waals surface area contributed by atoms with Gasteiger partial charge in [-0.3, -0.25) is 9.48 Å². The minimum absolute atomic E-state index is 0.203. The highest BCUT2D eigenvalue weighted by atomic mass is 19.4. The fourth-order valence-electron chi connectivity index (χ4n) is 3.04. The summed E-state index contributed by atoms with van der Waals surface area (Å²) in [6.07, 6.45) is -3.57. The number of aromatic nitrogens is 2. The number of morpholine rings is 1. The van der Waals surface area contributed by atoms with Crippen LogP contribution in [0.25, 0.3) is 0 Å². The van der Waals surface area contributed by atoms with Crippen LogP contribution in [0.2, 0.25) is 0 Å². The Bertz CT molecular complexity index is 796. The molecule has 27 heavy (non-hydrogen) atoms. The van der Waals surface area contributed by atoms with Gasteiger partial charge in [-0.2, -0.15) is 18.3 Å². The SMILES string of the molecule is CN(Cc1ccc(N2CCOCC2)cc1)C(=O)c1cn(C)nc1C(F)(F)F. The minimum atomic E-state index is -4.67. The normalized spacial score (nSPS) is 15.1. The van der Waals surface area contributed by atoms with Crippen LogP contribution in [0.5, 0.6) is 0 Å². The number of hydrogen-bond acceptors (Lipinski definition) is 4. The number of anilines is 1. The van der Waals surface area contributed by atoms with Crippen LogP contribution in [-0.2, 0) is 24.5 Å². The first-order valence-electron chi connectivity index (χ1n) is 8.53. The van der Waals surface area contributed by atoms with Gasteiger partial charge in [-0.15, -0.1) is 0 Å². The smallest absolute Gasteiger partial charge is 0.378 e. The molecule has 1 aliphatic heterocycles. The van der Waals surface area contributed by atoms with Gasteiger partial charge in [-0.05, 0) is 17.7 Å². The van der Waals surface area contributed by atoms with Gasteiger partial charge in [0.05, 0.1) is 18.8 Å². The predicted octanol–water partition coefficient (Wildman–Crippen LogP) is 2.55. The number of carbonyl (C=O) groups is 1. The van der Waals surface area contributed by atoms with E-state index in [1.165, 1.54) is 19.0 Å². The van der Waals surface area contributed by atoms with E-state index in [9.17, 15) is 18.0 Å². The molecule has 0 bridgehead atoms. The van der Waals surface area contributed by atoms with Crippen LogP contribution in [0.3, 0.4) is 0 Å². The van der Waals surface area contributed by atoms with Crippen LogP contribution in [0, 0.1) is 0 Å². The molecule has 0 aliphatic carbocycles. The van der Waals surface area contributed by atoms with Crippen molar-refractivity contribution < 1.29 is 22.7 Å². The van der Waals surface area contributed by atoms with Crippen molar-refractivity contribution in [3.8, 4) is 0 Å². The van der Waals surface area contributed by atoms with Gasteiger partial charge in [-0.1, -0.05) is 12.1 Å². The lowest BCUT2D eigenvalue weighted by Crippen LogP contribution is -2.36. The third kappa shape index (κ3) is 4.41. The standard InChI is InChI=1S/C18H21F3N4O2/c1-23(17(26)15-12-24(2)22-16(15)18(19,20)21)11-13-3-5-14(6-4-13)25-7-9-27-10-8-25/h3-6,12H,7-11H2,1-2H3. The van der Waals surface area contributed by atoms with E-state index in [2.05, 4.69) is 10.00 Å². The second kappa shape index (κ2) is 7.59. The van der Waals surface area contributed by atoms with Gasteiger partial charge in [-0.25, -0.2) is 0 Å².